The summed E-state index contributed by atoms with van der Waals surface area (Å²) in [6, 6.07) is 0. The molecular formula is C13H25N3O2. The number of rotatable bonds is 3. The van der Waals surface area contributed by atoms with Crippen molar-refractivity contribution in [3.63, 3.8) is 0 Å². The summed E-state index contributed by atoms with van der Waals surface area (Å²) in [6.07, 6.45) is 3.16. The van der Waals surface area contributed by atoms with Gasteiger partial charge < -0.3 is 15.3 Å². The maximum Gasteiger partial charge on any atom is 0.227 e. The third-order valence-electron chi connectivity index (χ3n) is 3.96. The van der Waals surface area contributed by atoms with Crippen LogP contribution < -0.4 is 5.32 Å². The first-order chi connectivity index (χ1) is 8.81. The van der Waals surface area contributed by atoms with Gasteiger partial charge in [0.1, 0.15) is 0 Å². The molecule has 2 fully saturated rings. The van der Waals surface area contributed by atoms with Gasteiger partial charge >= 0.3 is 0 Å². The van der Waals surface area contributed by atoms with E-state index in [2.05, 4.69) is 10.2 Å². The van der Waals surface area contributed by atoms with Crippen molar-refractivity contribution in [1.29, 1.82) is 0 Å². The third kappa shape index (κ3) is 3.67. The molecule has 0 saturated carbocycles. The third-order valence-corrected chi connectivity index (χ3v) is 3.96. The lowest BCUT2D eigenvalue weighted by molar-refractivity contribution is -0.135. The van der Waals surface area contributed by atoms with E-state index in [0.717, 1.165) is 65.1 Å². The van der Waals surface area contributed by atoms with Crippen LogP contribution in [0.15, 0.2) is 0 Å². The van der Waals surface area contributed by atoms with E-state index < -0.39 is 0 Å². The second-order valence-corrected chi connectivity index (χ2v) is 5.29. The van der Waals surface area contributed by atoms with E-state index in [4.69, 9.17) is 5.11 Å². The summed E-state index contributed by atoms with van der Waals surface area (Å²) >= 11 is 0. The lowest BCUT2D eigenvalue weighted by Crippen LogP contribution is -2.44. The van der Waals surface area contributed by atoms with Crippen LogP contribution in [-0.4, -0.2) is 73.2 Å². The molecule has 0 aromatic carbocycles. The first kappa shape index (κ1) is 13.8. The minimum absolute atomic E-state index is 0.183. The Hall–Kier alpha value is -0.650. The fraction of sp³-hybridized carbons (Fsp3) is 0.923. The van der Waals surface area contributed by atoms with E-state index in [1.807, 2.05) is 4.90 Å². The molecule has 2 saturated heterocycles. The van der Waals surface area contributed by atoms with Crippen molar-refractivity contribution in [2.45, 2.75) is 19.3 Å². The first-order valence-electron chi connectivity index (χ1n) is 7.14. The molecule has 2 heterocycles. The maximum absolute atomic E-state index is 12.4. The van der Waals surface area contributed by atoms with Crippen molar-refractivity contribution >= 4 is 5.91 Å². The molecule has 2 N–H and O–H groups in total. The topological polar surface area (TPSA) is 55.8 Å². The molecular weight excluding hydrogens is 230 g/mol. The van der Waals surface area contributed by atoms with Gasteiger partial charge in [0, 0.05) is 32.7 Å². The van der Waals surface area contributed by atoms with Crippen LogP contribution in [0.2, 0.25) is 0 Å². The number of piperidine rings is 1. The molecule has 1 amide bonds. The van der Waals surface area contributed by atoms with Crippen molar-refractivity contribution < 1.29 is 9.90 Å². The molecule has 0 aliphatic carbocycles. The minimum atomic E-state index is 0.183. The number of hydrogen-bond acceptors (Lipinski definition) is 4. The number of aliphatic hydroxyl groups excluding tert-OH is 1. The van der Waals surface area contributed by atoms with Crippen molar-refractivity contribution in [3.05, 3.63) is 0 Å². The maximum atomic E-state index is 12.4. The molecule has 0 spiro atoms. The number of carbonyl (C=O) groups is 1. The van der Waals surface area contributed by atoms with Gasteiger partial charge in [-0.25, -0.2) is 0 Å². The number of β-amino-alcohol motifs (C(OH)–C–C–N with tert-alkyl or cyclic N) is 1. The van der Waals surface area contributed by atoms with Gasteiger partial charge in [0.05, 0.1) is 12.5 Å². The Labute approximate surface area is 109 Å². The summed E-state index contributed by atoms with van der Waals surface area (Å²) in [5.41, 5.74) is 0. The molecule has 104 valence electrons. The molecule has 2 aliphatic rings. The number of aliphatic hydroxyl groups is 1. The van der Waals surface area contributed by atoms with E-state index in [1.54, 1.807) is 0 Å². The number of hydrogen-bond donors (Lipinski definition) is 2. The van der Waals surface area contributed by atoms with Gasteiger partial charge in [0.25, 0.3) is 0 Å². The Morgan fingerprint density at radius 3 is 2.83 bits per heavy atom. The van der Waals surface area contributed by atoms with Crippen LogP contribution in [-0.2, 0) is 4.79 Å². The summed E-state index contributed by atoms with van der Waals surface area (Å²) in [4.78, 5) is 16.7. The first-order valence-corrected chi connectivity index (χ1v) is 7.14. The van der Waals surface area contributed by atoms with Crippen LogP contribution in [0, 0.1) is 5.92 Å². The molecule has 5 heteroatoms. The number of nitrogens with one attached hydrogen (secondary N) is 1. The van der Waals surface area contributed by atoms with Crippen LogP contribution >= 0.6 is 0 Å². The highest BCUT2D eigenvalue weighted by Crippen LogP contribution is 2.15. The van der Waals surface area contributed by atoms with Gasteiger partial charge in [-0.2, -0.15) is 0 Å². The molecule has 0 aromatic rings. The fourth-order valence-electron chi connectivity index (χ4n) is 2.88. The molecule has 18 heavy (non-hydrogen) atoms. The molecule has 0 radical (unpaired) electrons. The van der Waals surface area contributed by atoms with E-state index in [-0.39, 0.29) is 12.5 Å². The lowest BCUT2D eigenvalue weighted by Gasteiger charge is -2.29. The van der Waals surface area contributed by atoms with Crippen LogP contribution in [0.1, 0.15) is 19.3 Å². The van der Waals surface area contributed by atoms with Crippen molar-refractivity contribution in [2.75, 3.05) is 52.4 Å². The van der Waals surface area contributed by atoms with Crippen LogP contribution in [0.4, 0.5) is 0 Å². The smallest absolute Gasteiger partial charge is 0.227 e. The van der Waals surface area contributed by atoms with E-state index in [1.165, 1.54) is 0 Å². The quantitative estimate of drug-likeness (QED) is 0.715. The van der Waals surface area contributed by atoms with E-state index in [0.29, 0.717) is 5.91 Å². The van der Waals surface area contributed by atoms with Gasteiger partial charge in [-0.05, 0) is 32.4 Å². The Kier molecular flexibility index (Phi) is 5.41. The Morgan fingerprint density at radius 2 is 2.11 bits per heavy atom. The summed E-state index contributed by atoms with van der Waals surface area (Å²) in [5, 5.41) is 12.3. The van der Waals surface area contributed by atoms with Gasteiger partial charge in [0.2, 0.25) is 5.91 Å². The second kappa shape index (κ2) is 7.07. The van der Waals surface area contributed by atoms with Crippen molar-refractivity contribution in [1.82, 2.24) is 15.1 Å². The standard InChI is InChI=1S/C13H25N3O2/c17-10-9-15-5-2-6-16(8-7-15)13(18)12-3-1-4-14-11-12/h12,14,17H,1-11H2. The zero-order chi connectivity index (χ0) is 12.8. The Bertz CT molecular complexity index is 267. The SMILES string of the molecule is O=C(C1CCCNC1)N1CCCN(CCO)CC1. The summed E-state index contributed by atoms with van der Waals surface area (Å²) < 4.78 is 0. The zero-order valence-electron chi connectivity index (χ0n) is 11.1. The van der Waals surface area contributed by atoms with Gasteiger partial charge in [-0.3, -0.25) is 9.69 Å². The molecule has 1 atom stereocenters. The molecule has 1 unspecified atom stereocenters. The van der Waals surface area contributed by atoms with Gasteiger partial charge in [-0.1, -0.05) is 0 Å². The zero-order valence-corrected chi connectivity index (χ0v) is 11.1. The molecule has 0 aromatic heterocycles. The summed E-state index contributed by atoms with van der Waals surface area (Å²) in [5.74, 6) is 0.510. The highest BCUT2D eigenvalue weighted by Gasteiger charge is 2.27. The summed E-state index contributed by atoms with van der Waals surface area (Å²) in [6.45, 7) is 6.41. The molecule has 2 aliphatic heterocycles. The molecule has 2 rings (SSSR count). The largest absolute Gasteiger partial charge is 0.395 e. The monoisotopic (exact) mass is 255 g/mol. The Morgan fingerprint density at radius 1 is 1.22 bits per heavy atom. The summed E-state index contributed by atoms with van der Waals surface area (Å²) in [7, 11) is 0. The van der Waals surface area contributed by atoms with Crippen molar-refractivity contribution in [3.8, 4) is 0 Å². The average Bonchev–Trinajstić information content (AvgIpc) is 2.65. The second-order valence-electron chi connectivity index (χ2n) is 5.29. The predicted octanol–water partition coefficient (Wildman–Crippen LogP) is -0.487. The Balaban J connectivity index is 1.82. The van der Waals surface area contributed by atoms with E-state index in [9.17, 15) is 4.79 Å². The normalized spacial score (nSPS) is 26.9. The molecule has 0 bridgehead atoms. The number of amides is 1. The van der Waals surface area contributed by atoms with E-state index >= 15 is 0 Å². The number of carbonyl (C=O) groups excluding carboxylic acids is 1. The van der Waals surface area contributed by atoms with Gasteiger partial charge in [0.15, 0.2) is 0 Å². The van der Waals surface area contributed by atoms with Crippen molar-refractivity contribution in [2.24, 2.45) is 5.92 Å². The molecule has 5 nitrogen and oxygen atoms in total. The highest BCUT2D eigenvalue weighted by molar-refractivity contribution is 5.79. The van der Waals surface area contributed by atoms with Gasteiger partial charge in [-0.15, -0.1) is 0 Å². The number of nitrogens with zero attached hydrogens (tertiary/aromatic N) is 2. The highest BCUT2D eigenvalue weighted by atomic mass is 16.3. The fourth-order valence-corrected chi connectivity index (χ4v) is 2.88. The lowest BCUT2D eigenvalue weighted by atomic mass is 9.98. The van der Waals surface area contributed by atoms with Crippen LogP contribution in [0.3, 0.4) is 0 Å². The predicted molar refractivity (Wildman–Crippen MR) is 70.3 cm³/mol. The average molecular weight is 255 g/mol. The van der Waals surface area contributed by atoms with Crippen LogP contribution in [0.5, 0.6) is 0 Å². The minimum Gasteiger partial charge on any atom is -0.395 e. The van der Waals surface area contributed by atoms with Crippen LogP contribution in [0.25, 0.3) is 0 Å².